The summed E-state index contributed by atoms with van der Waals surface area (Å²) in [6, 6.07) is 3.12. The number of aromatic nitrogens is 6. The number of halogens is 3. The maximum atomic E-state index is 13.7. The normalized spacial score (nSPS) is 11.2. The van der Waals surface area contributed by atoms with Crippen molar-refractivity contribution in [3.8, 4) is 22.6 Å². The van der Waals surface area contributed by atoms with E-state index in [1.807, 2.05) is 0 Å². The Morgan fingerprint density at radius 3 is 2.38 bits per heavy atom. The summed E-state index contributed by atoms with van der Waals surface area (Å²) in [6.07, 6.45) is 2.87. The Morgan fingerprint density at radius 2 is 1.73 bits per heavy atom. The fourth-order valence-corrected chi connectivity index (χ4v) is 2.66. The van der Waals surface area contributed by atoms with Gasteiger partial charge in [0.05, 0.1) is 5.56 Å². The summed E-state index contributed by atoms with van der Waals surface area (Å²) >= 11 is 4.00. The molecule has 4 rings (SSSR count). The van der Waals surface area contributed by atoms with Crippen molar-refractivity contribution in [2.75, 3.05) is 0 Å². The van der Waals surface area contributed by atoms with Crippen molar-refractivity contribution in [2.24, 2.45) is 0 Å². The molecule has 0 unspecified atom stereocenters. The van der Waals surface area contributed by atoms with Gasteiger partial charge in [0.1, 0.15) is 5.69 Å². The first-order valence-electron chi connectivity index (χ1n) is 7.10. The van der Waals surface area contributed by atoms with Gasteiger partial charge in [0.25, 0.3) is 0 Å². The lowest BCUT2D eigenvalue weighted by Gasteiger charge is -2.04. The molecule has 0 fully saturated rings. The molecule has 0 atom stereocenters. The molecule has 0 saturated carbocycles. The zero-order valence-corrected chi connectivity index (χ0v) is 13.5. The number of hydrogen-bond acceptors (Lipinski definition) is 6. The summed E-state index contributed by atoms with van der Waals surface area (Å²) in [4.78, 5) is 26.6. The van der Waals surface area contributed by atoms with Crippen molar-refractivity contribution in [3.63, 3.8) is 0 Å². The predicted octanol–water partition coefficient (Wildman–Crippen LogP) is 2.25. The van der Waals surface area contributed by atoms with Crippen molar-refractivity contribution in [1.29, 1.82) is 0 Å². The minimum atomic E-state index is -1.61. The third-order valence-electron chi connectivity index (χ3n) is 3.53. The number of benzene rings is 1. The molecule has 130 valence electrons. The van der Waals surface area contributed by atoms with Crippen LogP contribution in [0.3, 0.4) is 0 Å². The van der Waals surface area contributed by atoms with Crippen LogP contribution in [0.25, 0.3) is 28.3 Å². The number of hydrogen-bond donors (Lipinski definition) is 2. The van der Waals surface area contributed by atoms with Gasteiger partial charge >= 0.3 is 5.69 Å². The fourth-order valence-electron chi connectivity index (χ4n) is 2.47. The fraction of sp³-hybridized carbons (Fsp3) is 0. The minimum absolute atomic E-state index is 0.0350. The van der Waals surface area contributed by atoms with Crippen molar-refractivity contribution in [3.05, 3.63) is 58.5 Å². The molecule has 26 heavy (non-hydrogen) atoms. The van der Waals surface area contributed by atoms with Gasteiger partial charge in [0, 0.05) is 12.4 Å². The van der Waals surface area contributed by atoms with E-state index in [2.05, 4.69) is 37.7 Å². The Kier molecular flexibility index (Phi) is 3.72. The number of rotatable bonds is 2. The molecule has 3 heterocycles. The molecule has 0 amide bonds. The van der Waals surface area contributed by atoms with E-state index in [0.717, 1.165) is 16.6 Å². The van der Waals surface area contributed by atoms with Gasteiger partial charge < -0.3 is 0 Å². The quantitative estimate of drug-likeness (QED) is 0.414. The van der Waals surface area contributed by atoms with E-state index in [9.17, 15) is 18.0 Å². The van der Waals surface area contributed by atoms with Crippen LogP contribution < -0.4 is 5.69 Å². The van der Waals surface area contributed by atoms with Gasteiger partial charge in [0.2, 0.25) is 0 Å². The number of fused-ring (bicyclic) bond motifs is 1. The summed E-state index contributed by atoms with van der Waals surface area (Å²) in [5.41, 5.74) is -0.675. The van der Waals surface area contributed by atoms with E-state index < -0.39 is 23.1 Å². The first-order chi connectivity index (χ1) is 12.5. The topological polar surface area (TPSA) is 88.8 Å². The van der Waals surface area contributed by atoms with Crippen LogP contribution in [0.1, 0.15) is 0 Å². The summed E-state index contributed by atoms with van der Waals surface area (Å²) < 4.78 is 41.7. The van der Waals surface area contributed by atoms with Crippen LogP contribution in [0.2, 0.25) is 0 Å². The lowest BCUT2D eigenvalue weighted by atomic mass is 10.0. The summed E-state index contributed by atoms with van der Waals surface area (Å²) in [5.74, 6) is -4.30. The lowest BCUT2D eigenvalue weighted by molar-refractivity contribution is 0.448. The molecule has 0 radical (unpaired) electrons. The molecule has 0 spiro atoms. The third-order valence-corrected chi connectivity index (χ3v) is 3.75. The largest absolute Gasteiger partial charge is 0.350 e. The Bertz CT molecular complexity index is 1180. The highest BCUT2D eigenvalue weighted by atomic mass is 32.1. The molecule has 0 aliphatic heterocycles. The van der Waals surface area contributed by atoms with Crippen molar-refractivity contribution in [2.45, 2.75) is 5.16 Å². The van der Waals surface area contributed by atoms with Gasteiger partial charge in [-0.25, -0.2) is 32.9 Å². The number of nitrogens with one attached hydrogen (secondary N) is 1. The van der Waals surface area contributed by atoms with Gasteiger partial charge in [-0.15, -0.1) is 12.6 Å². The summed E-state index contributed by atoms with van der Waals surface area (Å²) in [6.45, 7) is 0. The Labute approximate surface area is 148 Å². The monoisotopic (exact) mass is 376 g/mol. The second kappa shape index (κ2) is 5.95. The predicted molar refractivity (Wildman–Crippen MR) is 87.2 cm³/mol. The average Bonchev–Trinajstić information content (AvgIpc) is 2.99. The number of nitrogens with zero attached hydrogens (tertiary/aromatic N) is 5. The van der Waals surface area contributed by atoms with E-state index in [1.54, 1.807) is 6.07 Å². The number of thiol groups is 1. The number of H-pyrrole nitrogens is 1. The van der Waals surface area contributed by atoms with E-state index >= 15 is 0 Å². The first kappa shape index (κ1) is 16.3. The molecule has 1 N–H and O–H groups in total. The Hall–Kier alpha value is -3.21. The van der Waals surface area contributed by atoms with E-state index in [1.165, 1.54) is 12.4 Å². The zero-order chi connectivity index (χ0) is 18.4. The highest BCUT2D eigenvalue weighted by Crippen LogP contribution is 2.33. The van der Waals surface area contributed by atoms with Gasteiger partial charge in [-0.3, -0.25) is 4.98 Å². The SMILES string of the molecule is O=c1[nH]c(S)nc2c(-c3cc(F)c(F)c(F)c3)c(-c3ncccn3)nn12. The maximum Gasteiger partial charge on any atom is 0.350 e. The van der Waals surface area contributed by atoms with Crippen LogP contribution in [0, 0.1) is 17.5 Å². The second-order valence-corrected chi connectivity index (χ2v) is 5.57. The number of aromatic amines is 1. The maximum absolute atomic E-state index is 13.7. The van der Waals surface area contributed by atoms with Crippen molar-refractivity contribution < 1.29 is 13.2 Å². The lowest BCUT2D eigenvalue weighted by Crippen LogP contribution is -2.18. The second-order valence-electron chi connectivity index (χ2n) is 5.15. The van der Waals surface area contributed by atoms with Crippen LogP contribution in [0.4, 0.5) is 13.2 Å². The molecule has 7 nitrogen and oxygen atoms in total. The van der Waals surface area contributed by atoms with Crippen molar-refractivity contribution in [1.82, 2.24) is 29.5 Å². The molecular weight excluding hydrogens is 369 g/mol. The van der Waals surface area contributed by atoms with Gasteiger partial charge in [-0.1, -0.05) is 0 Å². The molecule has 1 aromatic carbocycles. The van der Waals surface area contributed by atoms with Gasteiger partial charge in [0.15, 0.2) is 34.1 Å². The van der Waals surface area contributed by atoms with Crippen LogP contribution in [0.5, 0.6) is 0 Å². The molecule has 0 aliphatic rings. The summed E-state index contributed by atoms with van der Waals surface area (Å²) in [7, 11) is 0. The van der Waals surface area contributed by atoms with E-state index in [4.69, 9.17) is 0 Å². The van der Waals surface area contributed by atoms with E-state index in [0.29, 0.717) is 0 Å². The zero-order valence-electron chi connectivity index (χ0n) is 12.6. The molecule has 11 heteroatoms. The first-order valence-corrected chi connectivity index (χ1v) is 7.54. The molecular formula is C15H7F3N6OS. The Morgan fingerprint density at radius 1 is 1.08 bits per heavy atom. The molecule has 0 bridgehead atoms. The highest BCUT2D eigenvalue weighted by Gasteiger charge is 2.23. The van der Waals surface area contributed by atoms with Crippen LogP contribution in [-0.2, 0) is 0 Å². The van der Waals surface area contributed by atoms with Crippen LogP contribution in [-0.4, -0.2) is 29.5 Å². The third kappa shape index (κ3) is 2.52. The smallest absolute Gasteiger partial charge is 0.285 e. The van der Waals surface area contributed by atoms with Gasteiger partial charge in [-0.05, 0) is 23.8 Å². The average molecular weight is 376 g/mol. The molecule has 3 aromatic heterocycles. The molecule has 0 saturated heterocycles. The van der Waals surface area contributed by atoms with Crippen LogP contribution >= 0.6 is 12.6 Å². The Balaban J connectivity index is 2.14. The van der Waals surface area contributed by atoms with Crippen LogP contribution in [0.15, 0.2) is 40.5 Å². The van der Waals surface area contributed by atoms with Gasteiger partial charge in [-0.2, -0.15) is 9.61 Å². The standard InChI is InChI=1S/C15H7F3N6OS/c16-7-4-6(5-8(17)10(7)18)9-11(12-19-2-1-3-20-12)23-24-13(9)21-14(26)22-15(24)25/h1-5H,(H2,21,22,25,26). The molecule has 0 aliphatic carbocycles. The highest BCUT2D eigenvalue weighted by molar-refractivity contribution is 7.80. The van der Waals surface area contributed by atoms with E-state index in [-0.39, 0.29) is 33.4 Å². The van der Waals surface area contributed by atoms with Crippen molar-refractivity contribution >= 4 is 18.3 Å². The summed E-state index contributed by atoms with van der Waals surface area (Å²) in [5, 5.41) is 4.06. The molecule has 4 aromatic rings. The minimum Gasteiger partial charge on any atom is -0.285 e.